The molecule has 21 heavy (non-hydrogen) atoms. The predicted octanol–water partition coefficient (Wildman–Crippen LogP) is 1.36. The van der Waals surface area contributed by atoms with Gasteiger partial charge in [-0.15, -0.1) is 10.2 Å². The van der Waals surface area contributed by atoms with Crippen LogP contribution in [0.15, 0.2) is 18.9 Å². The van der Waals surface area contributed by atoms with E-state index in [0.717, 1.165) is 37.3 Å². The number of nitrogens with zero attached hydrogens (tertiary/aromatic N) is 5. The zero-order valence-corrected chi connectivity index (χ0v) is 12.4. The van der Waals surface area contributed by atoms with E-state index in [1.165, 1.54) is 6.33 Å². The van der Waals surface area contributed by atoms with Gasteiger partial charge in [0.1, 0.15) is 12.7 Å². The van der Waals surface area contributed by atoms with Gasteiger partial charge < -0.3 is 9.88 Å². The van der Waals surface area contributed by atoms with E-state index in [9.17, 15) is 4.79 Å². The Labute approximate surface area is 123 Å². The fourth-order valence-electron chi connectivity index (χ4n) is 2.08. The fraction of sp³-hybridized carbons (Fsp3) is 0.500. The summed E-state index contributed by atoms with van der Waals surface area (Å²) in [6, 6.07) is 0. The minimum absolute atomic E-state index is 0.176. The van der Waals surface area contributed by atoms with Crippen LogP contribution in [-0.2, 0) is 19.5 Å². The fourth-order valence-corrected chi connectivity index (χ4v) is 2.08. The summed E-state index contributed by atoms with van der Waals surface area (Å²) in [4.78, 5) is 20.4. The van der Waals surface area contributed by atoms with Crippen molar-refractivity contribution >= 4 is 5.91 Å². The summed E-state index contributed by atoms with van der Waals surface area (Å²) in [6.07, 6.45) is 7.40. The Hall–Kier alpha value is -2.31. The Bertz CT molecular complexity index is 595. The van der Waals surface area contributed by atoms with Gasteiger partial charge in [0.2, 0.25) is 0 Å². The van der Waals surface area contributed by atoms with Gasteiger partial charge in [0.05, 0.1) is 17.8 Å². The standard InChI is InChI=1S/C14H20N6O/c1-3-5-12-11(7-15-9-17-12)14(21)16-8-13-19-18-10-20(13)6-4-2/h7,9-10H,3-6,8H2,1-2H3,(H,16,21). The van der Waals surface area contributed by atoms with Crippen LogP contribution < -0.4 is 5.32 Å². The van der Waals surface area contributed by atoms with Crippen LogP contribution in [0.5, 0.6) is 0 Å². The van der Waals surface area contributed by atoms with E-state index in [1.54, 1.807) is 12.5 Å². The molecule has 0 bridgehead atoms. The predicted molar refractivity (Wildman–Crippen MR) is 77.5 cm³/mol. The number of amides is 1. The van der Waals surface area contributed by atoms with Crippen LogP contribution in [0.3, 0.4) is 0 Å². The highest BCUT2D eigenvalue weighted by atomic mass is 16.1. The molecule has 0 atom stereocenters. The van der Waals surface area contributed by atoms with Gasteiger partial charge in [-0.2, -0.15) is 0 Å². The molecular formula is C14H20N6O. The first-order chi connectivity index (χ1) is 10.3. The third-order valence-electron chi connectivity index (χ3n) is 3.09. The lowest BCUT2D eigenvalue weighted by molar-refractivity contribution is 0.0947. The Kier molecular flexibility index (Phi) is 5.36. The molecule has 0 aliphatic rings. The van der Waals surface area contributed by atoms with E-state index in [2.05, 4.69) is 39.3 Å². The van der Waals surface area contributed by atoms with E-state index in [4.69, 9.17) is 0 Å². The Morgan fingerprint density at radius 2 is 2.19 bits per heavy atom. The molecule has 2 rings (SSSR count). The highest BCUT2D eigenvalue weighted by Crippen LogP contribution is 2.07. The van der Waals surface area contributed by atoms with E-state index in [0.29, 0.717) is 12.1 Å². The molecular weight excluding hydrogens is 268 g/mol. The zero-order valence-electron chi connectivity index (χ0n) is 12.4. The van der Waals surface area contributed by atoms with Crippen LogP contribution in [0.2, 0.25) is 0 Å². The topological polar surface area (TPSA) is 85.6 Å². The first-order valence-electron chi connectivity index (χ1n) is 7.20. The summed E-state index contributed by atoms with van der Waals surface area (Å²) in [5.41, 5.74) is 1.31. The average molecular weight is 288 g/mol. The van der Waals surface area contributed by atoms with Gasteiger partial charge in [-0.1, -0.05) is 20.3 Å². The van der Waals surface area contributed by atoms with E-state index < -0.39 is 0 Å². The average Bonchev–Trinajstić information content (AvgIpc) is 2.93. The summed E-state index contributed by atoms with van der Waals surface area (Å²) in [7, 11) is 0. The molecule has 1 amide bonds. The van der Waals surface area contributed by atoms with Gasteiger partial charge in [-0.05, 0) is 12.8 Å². The molecule has 0 aromatic carbocycles. The van der Waals surface area contributed by atoms with Crippen molar-refractivity contribution in [3.05, 3.63) is 35.9 Å². The maximum absolute atomic E-state index is 12.3. The molecule has 0 aliphatic carbocycles. The number of aromatic nitrogens is 5. The van der Waals surface area contributed by atoms with Crippen molar-refractivity contribution in [3.8, 4) is 0 Å². The lowest BCUT2D eigenvalue weighted by atomic mass is 10.1. The monoisotopic (exact) mass is 288 g/mol. The highest BCUT2D eigenvalue weighted by Gasteiger charge is 2.13. The normalized spacial score (nSPS) is 10.6. The molecule has 7 heteroatoms. The summed E-state index contributed by atoms with van der Waals surface area (Å²) in [5, 5.41) is 10.8. The molecule has 0 radical (unpaired) electrons. The van der Waals surface area contributed by atoms with E-state index in [1.807, 2.05) is 4.57 Å². The van der Waals surface area contributed by atoms with Crippen LogP contribution in [0.1, 0.15) is 48.6 Å². The second kappa shape index (κ2) is 7.47. The van der Waals surface area contributed by atoms with Crippen molar-refractivity contribution in [1.82, 2.24) is 30.0 Å². The van der Waals surface area contributed by atoms with Crippen LogP contribution in [-0.4, -0.2) is 30.6 Å². The van der Waals surface area contributed by atoms with Crippen LogP contribution >= 0.6 is 0 Å². The Morgan fingerprint density at radius 1 is 1.33 bits per heavy atom. The van der Waals surface area contributed by atoms with E-state index in [-0.39, 0.29) is 5.91 Å². The number of carbonyl (C=O) groups is 1. The maximum Gasteiger partial charge on any atom is 0.255 e. The van der Waals surface area contributed by atoms with Crippen molar-refractivity contribution in [2.75, 3.05) is 0 Å². The third-order valence-corrected chi connectivity index (χ3v) is 3.09. The minimum atomic E-state index is -0.176. The summed E-state index contributed by atoms with van der Waals surface area (Å²) >= 11 is 0. The van der Waals surface area contributed by atoms with Gasteiger partial charge in [0.15, 0.2) is 5.82 Å². The van der Waals surface area contributed by atoms with Crippen LogP contribution in [0.25, 0.3) is 0 Å². The Morgan fingerprint density at radius 3 is 2.95 bits per heavy atom. The number of nitrogens with one attached hydrogen (secondary N) is 1. The minimum Gasteiger partial charge on any atom is -0.345 e. The lowest BCUT2D eigenvalue weighted by Gasteiger charge is -2.09. The highest BCUT2D eigenvalue weighted by molar-refractivity contribution is 5.94. The van der Waals surface area contributed by atoms with Crippen molar-refractivity contribution in [3.63, 3.8) is 0 Å². The van der Waals surface area contributed by atoms with Crippen molar-refractivity contribution < 1.29 is 4.79 Å². The number of hydrogen-bond donors (Lipinski definition) is 1. The molecule has 0 spiro atoms. The molecule has 0 saturated heterocycles. The van der Waals surface area contributed by atoms with Gasteiger partial charge in [0, 0.05) is 12.7 Å². The van der Waals surface area contributed by atoms with Gasteiger partial charge >= 0.3 is 0 Å². The van der Waals surface area contributed by atoms with Gasteiger partial charge in [-0.3, -0.25) is 4.79 Å². The third kappa shape index (κ3) is 3.84. The van der Waals surface area contributed by atoms with Crippen molar-refractivity contribution in [2.45, 2.75) is 46.2 Å². The lowest BCUT2D eigenvalue weighted by Crippen LogP contribution is -2.26. The molecule has 7 nitrogen and oxygen atoms in total. The van der Waals surface area contributed by atoms with Crippen molar-refractivity contribution in [2.24, 2.45) is 0 Å². The molecule has 2 aromatic rings. The quantitative estimate of drug-likeness (QED) is 0.831. The molecule has 0 fully saturated rings. The Balaban J connectivity index is 2.03. The van der Waals surface area contributed by atoms with E-state index >= 15 is 0 Å². The number of aryl methyl sites for hydroxylation is 2. The summed E-state index contributed by atoms with van der Waals surface area (Å²) < 4.78 is 1.94. The molecule has 2 heterocycles. The molecule has 0 unspecified atom stereocenters. The summed E-state index contributed by atoms with van der Waals surface area (Å²) in [6.45, 7) is 5.32. The zero-order chi connectivity index (χ0) is 15.1. The molecule has 1 N–H and O–H groups in total. The van der Waals surface area contributed by atoms with Crippen molar-refractivity contribution in [1.29, 1.82) is 0 Å². The molecule has 112 valence electrons. The SMILES string of the molecule is CCCc1ncncc1C(=O)NCc1nncn1CCC. The maximum atomic E-state index is 12.3. The van der Waals surface area contributed by atoms with Crippen LogP contribution in [0.4, 0.5) is 0 Å². The smallest absolute Gasteiger partial charge is 0.255 e. The molecule has 0 aliphatic heterocycles. The molecule has 2 aromatic heterocycles. The van der Waals surface area contributed by atoms with Crippen LogP contribution in [0, 0.1) is 0 Å². The second-order valence-electron chi connectivity index (χ2n) is 4.76. The molecule has 0 saturated carbocycles. The summed E-state index contributed by atoms with van der Waals surface area (Å²) in [5.74, 6) is 0.573. The number of rotatable bonds is 7. The van der Waals surface area contributed by atoms with Gasteiger partial charge in [0.25, 0.3) is 5.91 Å². The second-order valence-corrected chi connectivity index (χ2v) is 4.76. The first kappa shape index (κ1) is 15.1. The largest absolute Gasteiger partial charge is 0.345 e. The first-order valence-corrected chi connectivity index (χ1v) is 7.20. The number of carbonyl (C=O) groups excluding carboxylic acids is 1. The number of hydrogen-bond acceptors (Lipinski definition) is 5. The van der Waals surface area contributed by atoms with Gasteiger partial charge in [-0.25, -0.2) is 9.97 Å².